The number of hydrogen-bond donors (Lipinski definition) is 4. The van der Waals surface area contributed by atoms with Crippen LogP contribution in [0.2, 0.25) is 0 Å². The summed E-state index contributed by atoms with van der Waals surface area (Å²) in [6.07, 6.45) is 0. The number of imidazole rings is 1. The molecule has 30 heavy (non-hydrogen) atoms. The Kier molecular flexibility index (Phi) is 3.95. The number of rotatable bonds is 3. The molecule has 148 valence electrons. The zero-order valence-corrected chi connectivity index (χ0v) is 15.2. The highest BCUT2D eigenvalue weighted by Crippen LogP contribution is 2.28. The van der Waals surface area contributed by atoms with Crippen molar-refractivity contribution in [2.24, 2.45) is 0 Å². The molecule has 7 nitrogen and oxygen atoms in total. The lowest BCUT2D eigenvalue weighted by Crippen LogP contribution is -2.11. The van der Waals surface area contributed by atoms with Gasteiger partial charge in [-0.3, -0.25) is 9.89 Å². The number of benzene rings is 3. The van der Waals surface area contributed by atoms with E-state index in [-0.39, 0.29) is 17.2 Å². The van der Waals surface area contributed by atoms with E-state index in [1.807, 2.05) is 0 Å². The molecule has 9 heteroatoms. The molecular weight excluding hydrogens is 392 g/mol. The van der Waals surface area contributed by atoms with Crippen LogP contribution in [0.1, 0.15) is 10.4 Å². The molecule has 0 spiro atoms. The fourth-order valence-electron chi connectivity index (χ4n) is 3.21. The number of fused-ring (bicyclic) bond motifs is 2. The minimum Gasteiger partial charge on any atom is -0.508 e. The van der Waals surface area contributed by atoms with Crippen LogP contribution in [0.4, 0.5) is 14.5 Å². The number of nitrogens with zero attached hydrogens (tertiary/aromatic N) is 2. The Morgan fingerprint density at radius 3 is 2.53 bits per heavy atom. The number of aromatic hydroxyl groups is 1. The van der Waals surface area contributed by atoms with Crippen LogP contribution in [-0.2, 0) is 0 Å². The molecule has 2 heterocycles. The van der Waals surface area contributed by atoms with Crippen LogP contribution < -0.4 is 5.32 Å². The number of aromatic amines is 2. The average molecular weight is 405 g/mol. The number of phenolic OH excluding ortho intramolecular Hbond substituents is 1. The summed E-state index contributed by atoms with van der Waals surface area (Å²) in [6, 6.07) is 13.2. The largest absolute Gasteiger partial charge is 0.508 e. The molecule has 0 saturated heterocycles. The molecule has 0 aliphatic heterocycles. The number of carbonyl (C=O) groups excluding carboxylic acids is 1. The molecule has 0 aliphatic carbocycles. The molecule has 0 aliphatic rings. The van der Waals surface area contributed by atoms with E-state index in [9.17, 15) is 18.7 Å². The number of nitrogens with one attached hydrogen (secondary N) is 3. The number of H-pyrrole nitrogens is 2. The zero-order valence-electron chi connectivity index (χ0n) is 15.2. The maximum atomic E-state index is 13.5. The van der Waals surface area contributed by atoms with Crippen molar-refractivity contribution in [1.29, 1.82) is 0 Å². The van der Waals surface area contributed by atoms with Gasteiger partial charge in [-0.1, -0.05) is 0 Å². The van der Waals surface area contributed by atoms with Gasteiger partial charge in [0.25, 0.3) is 5.91 Å². The normalized spacial score (nSPS) is 11.3. The van der Waals surface area contributed by atoms with Crippen molar-refractivity contribution in [1.82, 2.24) is 20.2 Å². The second-order valence-electron chi connectivity index (χ2n) is 6.70. The molecule has 0 atom stereocenters. The van der Waals surface area contributed by atoms with Crippen molar-refractivity contribution in [3.8, 4) is 17.3 Å². The summed E-state index contributed by atoms with van der Waals surface area (Å²) < 4.78 is 26.9. The van der Waals surface area contributed by atoms with Crippen LogP contribution in [0, 0.1) is 11.6 Å². The molecule has 5 rings (SSSR count). The first kappa shape index (κ1) is 17.8. The number of aromatic nitrogens is 4. The molecular formula is C21H13F2N5O2. The van der Waals surface area contributed by atoms with Crippen LogP contribution in [0.25, 0.3) is 33.5 Å². The monoisotopic (exact) mass is 405 g/mol. The maximum Gasteiger partial charge on any atom is 0.255 e. The van der Waals surface area contributed by atoms with Crippen LogP contribution in [0.3, 0.4) is 0 Å². The van der Waals surface area contributed by atoms with Gasteiger partial charge < -0.3 is 15.4 Å². The van der Waals surface area contributed by atoms with E-state index in [0.29, 0.717) is 39.2 Å². The van der Waals surface area contributed by atoms with Crippen molar-refractivity contribution in [3.05, 3.63) is 71.8 Å². The molecule has 0 bridgehead atoms. The number of hydrogen-bond acceptors (Lipinski definition) is 4. The second kappa shape index (κ2) is 6.66. The Labute approximate surface area is 167 Å². The van der Waals surface area contributed by atoms with Gasteiger partial charge in [0.15, 0.2) is 17.5 Å². The van der Waals surface area contributed by atoms with Gasteiger partial charge >= 0.3 is 0 Å². The van der Waals surface area contributed by atoms with Gasteiger partial charge in [0.2, 0.25) is 0 Å². The fraction of sp³-hybridized carbons (Fsp3) is 0. The Morgan fingerprint density at radius 1 is 0.967 bits per heavy atom. The van der Waals surface area contributed by atoms with Gasteiger partial charge in [-0.15, -0.1) is 0 Å². The van der Waals surface area contributed by atoms with Gasteiger partial charge in [0, 0.05) is 28.8 Å². The van der Waals surface area contributed by atoms with Crippen LogP contribution in [-0.4, -0.2) is 31.2 Å². The smallest absolute Gasteiger partial charge is 0.255 e. The molecule has 5 aromatic rings. The number of amides is 1. The lowest BCUT2D eigenvalue weighted by atomic mass is 10.1. The van der Waals surface area contributed by atoms with Gasteiger partial charge in [0.1, 0.15) is 11.4 Å². The molecule has 2 aromatic heterocycles. The van der Waals surface area contributed by atoms with Gasteiger partial charge in [0.05, 0.1) is 16.6 Å². The number of anilines is 1. The van der Waals surface area contributed by atoms with Crippen LogP contribution in [0.15, 0.2) is 54.6 Å². The molecule has 0 saturated carbocycles. The van der Waals surface area contributed by atoms with E-state index in [2.05, 4.69) is 25.5 Å². The fourth-order valence-corrected chi connectivity index (χ4v) is 3.21. The summed E-state index contributed by atoms with van der Waals surface area (Å²) in [4.78, 5) is 19.7. The Bertz CT molecular complexity index is 1380. The third kappa shape index (κ3) is 3.02. The molecule has 0 radical (unpaired) electrons. The van der Waals surface area contributed by atoms with E-state index >= 15 is 0 Å². The van der Waals surface area contributed by atoms with E-state index in [0.717, 1.165) is 12.1 Å². The highest BCUT2D eigenvalue weighted by Gasteiger charge is 2.16. The number of halogens is 2. The van der Waals surface area contributed by atoms with Gasteiger partial charge in [-0.05, 0) is 42.5 Å². The van der Waals surface area contributed by atoms with E-state index < -0.39 is 11.6 Å². The third-order valence-electron chi connectivity index (χ3n) is 4.70. The van der Waals surface area contributed by atoms with Crippen molar-refractivity contribution in [2.75, 3.05) is 5.32 Å². The van der Waals surface area contributed by atoms with Crippen LogP contribution >= 0.6 is 0 Å². The van der Waals surface area contributed by atoms with Crippen molar-refractivity contribution >= 4 is 33.5 Å². The molecule has 0 unspecified atom stereocenters. The SMILES string of the molecule is O=C(Nc1ccc(O)cc1)c1ccc2c(-c3nc4cc(F)c(F)cc4[nH]3)n[nH]c2c1. The highest BCUT2D eigenvalue weighted by molar-refractivity contribution is 6.07. The Balaban J connectivity index is 1.48. The quantitative estimate of drug-likeness (QED) is 0.335. The second-order valence-corrected chi connectivity index (χ2v) is 6.70. The highest BCUT2D eigenvalue weighted by atomic mass is 19.2. The first-order valence-corrected chi connectivity index (χ1v) is 8.91. The standard InChI is InChI=1S/C21H13F2N5O2/c22-14-8-17-18(9-15(14)23)26-20(25-17)19-13-6-1-10(7-16(13)27-28-19)21(30)24-11-2-4-12(29)5-3-11/h1-9,29H,(H,24,30)(H,25,26)(H,27,28). The van der Waals surface area contributed by atoms with Gasteiger partial charge in [-0.2, -0.15) is 5.10 Å². The van der Waals surface area contributed by atoms with Crippen molar-refractivity contribution < 1.29 is 18.7 Å². The summed E-state index contributed by atoms with van der Waals surface area (Å²) in [5.74, 6) is -1.81. The molecule has 4 N–H and O–H groups in total. The summed E-state index contributed by atoms with van der Waals surface area (Å²) in [6.45, 7) is 0. The first-order valence-electron chi connectivity index (χ1n) is 8.91. The predicted molar refractivity (Wildman–Crippen MR) is 107 cm³/mol. The topological polar surface area (TPSA) is 107 Å². The molecule has 3 aromatic carbocycles. The van der Waals surface area contributed by atoms with E-state index in [1.54, 1.807) is 30.3 Å². The lowest BCUT2D eigenvalue weighted by Gasteiger charge is -2.05. The zero-order chi connectivity index (χ0) is 20.8. The summed E-state index contributed by atoms with van der Waals surface area (Å²) in [5.41, 5.74) is 2.65. The van der Waals surface area contributed by atoms with E-state index in [4.69, 9.17) is 0 Å². The Morgan fingerprint density at radius 2 is 1.73 bits per heavy atom. The summed E-state index contributed by atoms with van der Waals surface area (Å²) >= 11 is 0. The average Bonchev–Trinajstić information content (AvgIpc) is 3.33. The van der Waals surface area contributed by atoms with E-state index in [1.165, 1.54) is 12.1 Å². The minimum absolute atomic E-state index is 0.107. The maximum absolute atomic E-state index is 13.5. The summed E-state index contributed by atoms with van der Waals surface area (Å²) in [7, 11) is 0. The number of carbonyl (C=O) groups is 1. The molecule has 0 fully saturated rings. The minimum atomic E-state index is -0.975. The Hall–Kier alpha value is -4.27. The number of phenols is 1. The van der Waals surface area contributed by atoms with Gasteiger partial charge in [-0.25, -0.2) is 13.8 Å². The van der Waals surface area contributed by atoms with Crippen molar-refractivity contribution in [2.45, 2.75) is 0 Å². The predicted octanol–water partition coefficient (Wildman–Crippen LogP) is 4.34. The van der Waals surface area contributed by atoms with Crippen LogP contribution in [0.5, 0.6) is 5.75 Å². The summed E-state index contributed by atoms with van der Waals surface area (Å²) in [5, 5.41) is 19.8. The first-order chi connectivity index (χ1) is 14.5. The van der Waals surface area contributed by atoms with Crippen molar-refractivity contribution in [3.63, 3.8) is 0 Å². The third-order valence-corrected chi connectivity index (χ3v) is 4.70. The lowest BCUT2D eigenvalue weighted by molar-refractivity contribution is 0.102. The molecule has 1 amide bonds.